The van der Waals surface area contributed by atoms with Crippen LogP contribution in [0.1, 0.15) is 5.56 Å². The summed E-state index contributed by atoms with van der Waals surface area (Å²) in [5, 5.41) is 0.726. The van der Waals surface area contributed by atoms with Crippen LogP contribution in [-0.4, -0.2) is 22.4 Å². The number of rotatable bonds is 2. The van der Waals surface area contributed by atoms with Crippen molar-refractivity contribution in [2.24, 2.45) is 0 Å². The Labute approximate surface area is 129 Å². The van der Waals surface area contributed by atoms with Gasteiger partial charge in [-0.1, -0.05) is 17.7 Å². The van der Waals surface area contributed by atoms with E-state index in [-0.39, 0.29) is 4.90 Å². The molecule has 0 saturated carbocycles. The Kier molecular flexibility index (Phi) is 3.25. The molecule has 3 rings (SSSR count). The lowest BCUT2D eigenvalue weighted by atomic mass is 10.2. The second-order valence-corrected chi connectivity index (χ2v) is 7.33. The van der Waals surface area contributed by atoms with Gasteiger partial charge >= 0.3 is 0 Å². The molecule has 0 spiro atoms. The molecule has 2 aromatic heterocycles. The van der Waals surface area contributed by atoms with Crippen molar-refractivity contribution in [2.45, 2.75) is 11.8 Å². The fraction of sp³-hybridized carbons (Fsp3) is 0.0769. The van der Waals surface area contributed by atoms with Crippen LogP contribution in [0.4, 0.5) is 0 Å². The first kappa shape index (κ1) is 13.5. The average molecular weight is 399 g/mol. The van der Waals surface area contributed by atoms with Gasteiger partial charge in [0.2, 0.25) is 0 Å². The lowest BCUT2D eigenvalue weighted by molar-refractivity contribution is 0.588. The molecule has 2 heterocycles. The van der Waals surface area contributed by atoms with E-state index in [1.54, 1.807) is 36.7 Å². The molecule has 0 N–H and O–H groups in total. The van der Waals surface area contributed by atoms with Crippen molar-refractivity contribution in [3.63, 3.8) is 0 Å². The minimum Gasteiger partial charge on any atom is -0.244 e. The topological polar surface area (TPSA) is 64.8 Å². The lowest BCUT2D eigenvalue weighted by Crippen LogP contribution is -2.12. The fourth-order valence-electron chi connectivity index (χ4n) is 1.91. The summed E-state index contributed by atoms with van der Waals surface area (Å²) in [4.78, 5) is 8.25. The summed E-state index contributed by atoms with van der Waals surface area (Å²) in [5.41, 5.74) is 1.41. The van der Waals surface area contributed by atoms with Gasteiger partial charge in [-0.15, -0.1) is 0 Å². The van der Waals surface area contributed by atoms with E-state index in [2.05, 4.69) is 32.6 Å². The first-order valence-corrected chi connectivity index (χ1v) is 8.31. The predicted molar refractivity (Wildman–Crippen MR) is 84.0 cm³/mol. The highest BCUT2D eigenvalue weighted by Gasteiger charge is 2.21. The zero-order valence-electron chi connectivity index (χ0n) is 10.5. The first-order chi connectivity index (χ1) is 9.50. The van der Waals surface area contributed by atoms with Crippen molar-refractivity contribution in [1.82, 2.24) is 13.9 Å². The molecule has 0 unspecified atom stereocenters. The SMILES string of the molecule is Cc1ccc(S(=O)(=O)n2cc(I)c3cncnc32)cc1. The molecule has 0 amide bonds. The molecule has 3 aromatic rings. The van der Waals surface area contributed by atoms with Gasteiger partial charge in [0.1, 0.15) is 6.33 Å². The number of hydrogen-bond acceptors (Lipinski definition) is 4. The van der Waals surface area contributed by atoms with E-state index in [0.29, 0.717) is 5.65 Å². The van der Waals surface area contributed by atoms with Gasteiger partial charge in [-0.2, -0.15) is 0 Å². The van der Waals surface area contributed by atoms with E-state index in [4.69, 9.17) is 0 Å². The molecule has 0 saturated heterocycles. The van der Waals surface area contributed by atoms with Crippen molar-refractivity contribution >= 4 is 43.6 Å². The van der Waals surface area contributed by atoms with Gasteiger partial charge in [-0.3, -0.25) is 0 Å². The zero-order chi connectivity index (χ0) is 14.3. The summed E-state index contributed by atoms with van der Waals surface area (Å²) in [5.74, 6) is 0. The average Bonchev–Trinajstić information content (AvgIpc) is 2.78. The van der Waals surface area contributed by atoms with Crippen molar-refractivity contribution in [2.75, 3.05) is 0 Å². The molecular formula is C13H10IN3O2S. The summed E-state index contributed by atoms with van der Waals surface area (Å²) in [6.45, 7) is 1.91. The number of benzene rings is 1. The maximum absolute atomic E-state index is 12.7. The highest BCUT2D eigenvalue weighted by molar-refractivity contribution is 14.1. The van der Waals surface area contributed by atoms with Crippen molar-refractivity contribution in [1.29, 1.82) is 0 Å². The van der Waals surface area contributed by atoms with Crippen LogP contribution in [0.25, 0.3) is 11.0 Å². The molecule has 0 aliphatic heterocycles. The number of halogens is 1. The summed E-state index contributed by atoms with van der Waals surface area (Å²) in [6.07, 6.45) is 4.53. The Hall–Kier alpha value is -1.48. The van der Waals surface area contributed by atoms with Gasteiger partial charge in [-0.25, -0.2) is 22.4 Å². The largest absolute Gasteiger partial charge is 0.269 e. The molecule has 102 valence electrons. The van der Waals surface area contributed by atoms with Gasteiger partial charge in [0.25, 0.3) is 10.0 Å². The molecule has 20 heavy (non-hydrogen) atoms. The van der Waals surface area contributed by atoms with Crippen LogP contribution in [0.3, 0.4) is 0 Å². The van der Waals surface area contributed by atoms with Crippen LogP contribution < -0.4 is 0 Å². The highest BCUT2D eigenvalue weighted by atomic mass is 127. The molecule has 7 heteroatoms. The summed E-state index contributed by atoms with van der Waals surface area (Å²) in [7, 11) is -3.64. The second-order valence-electron chi connectivity index (χ2n) is 4.35. The van der Waals surface area contributed by atoms with Gasteiger partial charge in [0.05, 0.1) is 10.3 Å². The number of aryl methyl sites for hydroxylation is 1. The maximum Gasteiger partial charge on any atom is 0.269 e. The normalized spacial score (nSPS) is 11.9. The molecule has 0 bridgehead atoms. The monoisotopic (exact) mass is 399 g/mol. The highest BCUT2D eigenvalue weighted by Crippen LogP contribution is 2.24. The zero-order valence-corrected chi connectivity index (χ0v) is 13.5. The molecule has 0 radical (unpaired) electrons. The number of fused-ring (bicyclic) bond motifs is 1. The number of aromatic nitrogens is 3. The summed E-state index contributed by atoms with van der Waals surface area (Å²) < 4.78 is 27.3. The minimum absolute atomic E-state index is 0.245. The first-order valence-electron chi connectivity index (χ1n) is 5.79. The van der Waals surface area contributed by atoms with Crippen molar-refractivity contribution < 1.29 is 8.42 Å². The number of nitrogens with zero attached hydrogens (tertiary/aromatic N) is 3. The van der Waals surface area contributed by atoms with Gasteiger partial charge in [0, 0.05) is 16.0 Å². The van der Waals surface area contributed by atoms with Crippen LogP contribution in [0.5, 0.6) is 0 Å². The van der Waals surface area contributed by atoms with E-state index >= 15 is 0 Å². The Balaban J connectivity index is 2.27. The predicted octanol–water partition coefficient (Wildman–Crippen LogP) is 2.58. The van der Waals surface area contributed by atoms with E-state index in [0.717, 1.165) is 14.5 Å². The molecule has 1 aromatic carbocycles. The molecule has 0 fully saturated rings. The van der Waals surface area contributed by atoms with E-state index in [9.17, 15) is 8.42 Å². The van der Waals surface area contributed by atoms with Gasteiger partial charge in [-0.05, 0) is 41.6 Å². The van der Waals surface area contributed by atoms with Crippen molar-refractivity contribution in [3.8, 4) is 0 Å². The van der Waals surface area contributed by atoms with Crippen LogP contribution in [0.2, 0.25) is 0 Å². The fourth-order valence-corrected chi connectivity index (χ4v) is 4.08. The Bertz CT molecular complexity index is 886. The van der Waals surface area contributed by atoms with Crippen LogP contribution in [0.15, 0.2) is 47.9 Å². The molecule has 5 nitrogen and oxygen atoms in total. The van der Waals surface area contributed by atoms with Crippen LogP contribution in [-0.2, 0) is 10.0 Å². The summed E-state index contributed by atoms with van der Waals surface area (Å²) in [6, 6.07) is 6.76. The number of hydrogen-bond donors (Lipinski definition) is 0. The van der Waals surface area contributed by atoms with Gasteiger partial charge in [0.15, 0.2) is 5.65 Å². The van der Waals surface area contributed by atoms with E-state index in [1.807, 2.05) is 6.92 Å². The lowest BCUT2D eigenvalue weighted by Gasteiger charge is -2.06. The molecule has 0 aliphatic rings. The Morgan fingerprint density at radius 1 is 1.20 bits per heavy atom. The quantitative estimate of drug-likeness (QED) is 0.622. The second kappa shape index (κ2) is 4.81. The van der Waals surface area contributed by atoms with E-state index < -0.39 is 10.0 Å². The van der Waals surface area contributed by atoms with Gasteiger partial charge < -0.3 is 0 Å². The molecule has 0 atom stereocenters. The molecular weight excluding hydrogens is 389 g/mol. The Morgan fingerprint density at radius 3 is 2.60 bits per heavy atom. The van der Waals surface area contributed by atoms with Crippen LogP contribution >= 0.6 is 22.6 Å². The standard InChI is InChI=1S/C13H10IN3O2S/c1-9-2-4-10(5-3-9)20(18,19)17-7-12(14)11-6-15-8-16-13(11)17/h2-8H,1H3. The van der Waals surface area contributed by atoms with E-state index in [1.165, 1.54) is 10.3 Å². The maximum atomic E-state index is 12.7. The third-order valence-corrected chi connectivity index (χ3v) is 5.49. The van der Waals surface area contributed by atoms with Crippen molar-refractivity contribution in [3.05, 3.63) is 52.1 Å². The summed E-state index contributed by atoms with van der Waals surface area (Å²) >= 11 is 2.08. The minimum atomic E-state index is -3.64. The molecule has 0 aliphatic carbocycles. The smallest absolute Gasteiger partial charge is 0.244 e. The Morgan fingerprint density at radius 2 is 1.90 bits per heavy atom. The third kappa shape index (κ3) is 2.10. The third-order valence-electron chi connectivity index (χ3n) is 2.97. The van der Waals surface area contributed by atoms with Crippen LogP contribution in [0, 0.1) is 10.5 Å².